The van der Waals surface area contributed by atoms with Crippen molar-refractivity contribution < 1.29 is 13.2 Å². The van der Waals surface area contributed by atoms with Gasteiger partial charge in [-0.25, -0.2) is 8.78 Å². The van der Waals surface area contributed by atoms with Crippen LogP contribution in [-0.4, -0.2) is 14.8 Å². The Labute approximate surface area is 158 Å². The summed E-state index contributed by atoms with van der Waals surface area (Å²) in [7, 11) is 0. The largest absolute Gasteiger partial charge is 0.467 e. The van der Waals surface area contributed by atoms with Crippen molar-refractivity contribution in [1.29, 1.82) is 0 Å². The smallest absolute Gasteiger partial charge is 0.192 e. The Balaban J connectivity index is 1.66. The van der Waals surface area contributed by atoms with E-state index < -0.39 is 0 Å². The fourth-order valence-corrected chi connectivity index (χ4v) is 3.56. The fourth-order valence-electron chi connectivity index (χ4n) is 2.67. The topological polar surface area (TPSA) is 43.9 Å². The van der Waals surface area contributed by atoms with Gasteiger partial charge in [-0.3, -0.25) is 4.57 Å². The lowest BCUT2D eigenvalue weighted by Gasteiger charge is -2.09. The third-order valence-electron chi connectivity index (χ3n) is 4.01. The van der Waals surface area contributed by atoms with Gasteiger partial charge in [-0.05, 0) is 42.0 Å². The molecule has 0 amide bonds. The number of hydrogen-bond acceptors (Lipinski definition) is 4. The second-order valence-electron chi connectivity index (χ2n) is 5.87. The van der Waals surface area contributed by atoms with Crippen LogP contribution in [0.25, 0.3) is 11.4 Å². The molecule has 0 atom stereocenters. The summed E-state index contributed by atoms with van der Waals surface area (Å²) in [6.45, 7) is 0.384. The van der Waals surface area contributed by atoms with Crippen molar-refractivity contribution >= 4 is 11.8 Å². The van der Waals surface area contributed by atoms with Gasteiger partial charge in [0.25, 0.3) is 0 Å². The number of aromatic nitrogens is 3. The van der Waals surface area contributed by atoms with E-state index in [0.29, 0.717) is 28.8 Å². The number of halogens is 2. The second kappa shape index (κ2) is 7.75. The van der Waals surface area contributed by atoms with Gasteiger partial charge >= 0.3 is 0 Å². The van der Waals surface area contributed by atoms with Crippen LogP contribution >= 0.6 is 11.8 Å². The lowest BCUT2D eigenvalue weighted by molar-refractivity contribution is 0.485. The standard InChI is InChI=1S/C20H15F2N3OS/c21-15-9-7-14(8-10-15)13-27-20-24-23-19(17-5-1-2-6-18(17)22)25(20)12-16-4-3-11-26-16/h1-11H,12-13H2. The van der Waals surface area contributed by atoms with Crippen molar-refractivity contribution in [2.45, 2.75) is 17.5 Å². The van der Waals surface area contributed by atoms with Crippen molar-refractivity contribution in [2.75, 3.05) is 0 Å². The van der Waals surface area contributed by atoms with Gasteiger partial charge in [-0.1, -0.05) is 36.0 Å². The van der Waals surface area contributed by atoms with Crippen LogP contribution in [-0.2, 0) is 12.3 Å². The first-order valence-electron chi connectivity index (χ1n) is 8.28. The molecule has 27 heavy (non-hydrogen) atoms. The van der Waals surface area contributed by atoms with Crippen molar-refractivity contribution in [2.24, 2.45) is 0 Å². The van der Waals surface area contributed by atoms with E-state index in [4.69, 9.17) is 4.42 Å². The highest BCUT2D eigenvalue weighted by Crippen LogP contribution is 2.28. The van der Waals surface area contributed by atoms with E-state index in [1.807, 2.05) is 10.6 Å². The van der Waals surface area contributed by atoms with Gasteiger partial charge in [-0.2, -0.15) is 0 Å². The molecule has 0 unspecified atom stereocenters. The average Bonchev–Trinajstić information content (AvgIpc) is 3.33. The van der Waals surface area contributed by atoms with Crippen LogP contribution in [0, 0.1) is 11.6 Å². The Morgan fingerprint density at radius 1 is 0.926 bits per heavy atom. The summed E-state index contributed by atoms with van der Waals surface area (Å²) in [6, 6.07) is 16.4. The minimum atomic E-state index is -0.360. The molecule has 7 heteroatoms. The molecule has 0 radical (unpaired) electrons. The molecule has 2 heterocycles. The van der Waals surface area contributed by atoms with Crippen molar-refractivity contribution in [3.05, 3.63) is 89.9 Å². The van der Waals surface area contributed by atoms with Crippen LogP contribution in [0.3, 0.4) is 0 Å². The summed E-state index contributed by atoms with van der Waals surface area (Å²) in [5.74, 6) is 1.11. The van der Waals surface area contributed by atoms with Crippen molar-refractivity contribution in [3.63, 3.8) is 0 Å². The Hall–Kier alpha value is -2.93. The minimum absolute atomic E-state index is 0.272. The number of rotatable bonds is 6. The van der Waals surface area contributed by atoms with E-state index in [1.54, 1.807) is 42.7 Å². The predicted molar refractivity (Wildman–Crippen MR) is 99.2 cm³/mol. The Morgan fingerprint density at radius 3 is 2.48 bits per heavy atom. The van der Waals surface area contributed by atoms with E-state index in [9.17, 15) is 8.78 Å². The number of thioether (sulfide) groups is 1. The van der Waals surface area contributed by atoms with Crippen LogP contribution in [0.4, 0.5) is 8.78 Å². The summed E-state index contributed by atoms with van der Waals surface area (Å²) >= 11 is 1.45. The van der Waals surface area contributed by atoms with Gasteiger partial charge in [0.1, 0.15) is 17.4 Å². The van der Waals surface area contributed by atoms with E-state index in [1.165, 1.54) is 30.0 Å². The number of furan rings is 1. The molecule has 0 aliphatic carbocycles. The molecular weight excluding hydrogens is 368 g/mol. The Bertz CT molecular complexity index is 1030. The maximum absolute atomic E-state index is 14.3. The molecule has 0 aliphatic rings. The molecule has 0 saturated heterocycles. The van der Waals surface area contributed by atoms with Crippen LogP contribution in [0.5, 0.6) is 0 Å². The quantitative estimate of drug-likeness (QED) is 0.432. The zero-order valence-corrected chi connectivity index (χ0v) is 15.0. The summed E-state index contributed by atoms with van der Waals surface area (Å²) in [6.07, 6.45) is 1.59. The van der Waals surface area contributed by atoms with Crippen molar-refractivity contribution in [1.82, 2.24) is 14.8 Å². The first kappa shape index (κ1) is 17.5. The van der Waals surface area contributed by atoms with Crippen molar-refractivity contribution in [3.8, 4) is 11.4 Å². The molecule has 0 spiro atoms. The minimum Gasteiger partial charge on any atom is -0.467 e. The predicted octanol–water partition coefficient (Wildman–Crippen LogP) is 5.16. The zero-order chi connectivity index (χ0) is 18.6. The van der Waals surface area contributed by atoms with Gasteiger partial charge in [-0.15, -0.1) is 10.2 Å². The molecule has 0 bridgehead atoms. The maximum atomic E-state index is 14.3. The highest BCUT2D eigenvalue weighted by molar-refractivity contribution is 7.98. The molecule has 4 rings (SSSR count). The Morgan fingerprint density at radius 2 is 1.74 bits per heavy atom. The lowest BCUT2D eigenvalue weighted by Crippen LogP contribution is -2.04. The zero-order valence-electron chi connectivity index (χ0n) is 14.2. The normalized spacial score (nSPS) is 11.0. The van der Waals surface area contributed by atoms with Gasteiger partial charge in [0, 0.05) is 5.75 Å². The second-order valence-corrected chi connectivity index (χ2v) is 6.81. The fraction of sp³-hybridized carbons (Fsp3) is 0.100. The third-order valence-corrected chi connectivity index (χ3v) is 5.04. The summed E-state index contributed by atoms with van der Waals surface area (Å²) in [5.41, 5.74) is 1.34. The molecular formula is C20H15F2N3OS. The molecule has 0 aliphatic heterocycles. The van der Waals surface area contributed by atoms with Crippen LogP contribution in [0.1, 0.15) is 11.3 Å². The molecule has 2 aromatic carbocycles. The highest BCUT2D eigenvalue weighted by atomic mass is 32.2. The molecule has 4 nitrogen and oxygen atoms in total. The molecule has 0 fully saturated rings. The summed E-state index contributed by atoms with van der Waals surface area (Å²) < 4.78 is 34.6. The number of benzene rings is 2. The molecule has 2 aromatic heterocycles. The van der Waals surface area contributed by atoms with E-state index in [0.717, 1.165) is 11.3 Å². The SMILES string of the molecule is Fc1ccc(CSc2nnc(-c3ccccc3F)n2Cc2ccco2)cc1. The van der Waals surface area contributed by atoms with Crippen LogP contribution in [0.15, 0.2) is 76.5 Å². The highest BCUT2D eigenvalue weighted by Gasteiger charge is 2.18. The number of hydrogen-bond donors (Lipinski definition) is 0. The van der Waals surface area contributed by atoms with E-state index in [2.05, 4.69) is 10.2 Å². The monoisotopic (exact) mass is 383 g/mol. The molecule has 4 aromatic rings. The van der Waals surface area contributed by atoms with Crippen LogP contribution in [0.2, 0.25) is 0 Å². The van der Waals surface area contributed by atoms with E-state index >= 15 is 0 Å². The lowest BCUT2D eigenvalue weighted by atomic mass is 10.2. The van der Waals surface area contributed by atoms with Gasteiger partial charge in [0.15, 0.2) is 11.0 Å². The Kier molecular flexibility index (Phi) is 5.02. The van der Waals surface area contributed by atoms with Crippen LogP contribution < -0.4 is 0 Å². The van der Waals surface area contributed by atoms with Gasteiger partial charge < -0.3 is 4.42 Å². The molecule has 0 N–H and O–H groups in total. The number of nitrogens with zero attached hydrogens (tertiary/aromatic N) is 3. The average molecular weight is 383 g/mol. The molecule has 0 saturated carbocycles. The van der Waals surface area contributed by atoms with Gasteiger partial charge in [0.2, 0.25) is 0 Å². The molecule has 136 valence electrons. The summed E-state index contributed by atoms with van der Waals surface area (Å²) in [5, 5.41) is 9.08. The van der Waals surface area contributed by atoms with Gasteiger partial charge in [0.05, 0.1) is 18.4 Å². The summed E-state index contributed by atoms with van der Waals surface area (Å²) in [4.78, 5) is 0. The third kappa shape index (κ3) is 3.93. The maximum Gasteiger partial charge on any atom is 0.192 e. The first-order valence-corrected chi connectivity index (χ1v) is 9.27. The first-order chi connectivity index (χ1) is 13.2. The van der Waals surface area contributed by atoms with E-state index in [-0.39, 0.29) is 11.6 Å².